The van der Waals surface area contributed by atoms with Gasteiger partial charge in [-0.25, -0.2) is 14.6 Å². The molecule has 7 nitrogen and oxygen atoms in total. The Morgan fingerprint density at radius 2 is 1.82 bits per heavy atom. The summed E-state index contributed by atoms with van der Waals surface area (Å²) >= 11 is 0. The Bertz CT molecular complexity index is 1250. The second-order valence-corrected chi connectivity index (χ2v) is 8.15. The zero-order valence-corrected chi connectivity index (χ0v) is 19.6. The van der Waals surface area contributed by atoms with Crippen molar-refractivity contribution in [3.63, 3.8) is 0 Å². The van der Waals surface area contributed by atoms with E-state index in [4.69, 9.17) is 20.3 Å². The van der Waals surface area contributed by atoms with Gasteiger partial charge in [0.1, 0.15) is 17.8 Å². The van der Waals surface area contributed by atoms with Gasteiger partial charge in [-0.15, -0.1) is 12.4 Å². The maximum absolute atomic E-state index is 6.32. The van der Waals surface area contributed by atoms with Crippen molar-refractivity contribution in [1.29, 1.82) is 0 Å². The van der Waals surface area contributed by atoms with Crippen LogP contribution in [0.5, 0.6) is 11.5 Å². The second kappa shape index (κ2) is 9.67. The molecular formula is C25H28ClN5O2. The van der Waals surface area contributed by atoms with Crippen LogP contribution in [-0.4, -0.2) is 33.5 Å². The molecule has 0 amide bonds. The van der Waals surface area contributed by atoms with Crippen LogP contribution >= 0.6 is 12.4 Å². The third-order valence-electron chi connectivity index (χ3n) is 6.09. The minimum Gasteiger partial charge on any atom is -0.493 e. The van der Waals surface area contributed by atoms with Gasteiger partial charge >= 0.3 is 0 Å². The lowest BCUT2D eigenvalue weighted by Gasteiger charge is -2.12. The van der Waals surface area contributed by atoms with Gasteiger partial charge in [-0.3, -0.25) is 0 Å². The zero-order valence-electron chi connectivity index (χ0n) is 18.8. The molecule has 1 aliphatic carbocycles. The van der Waals surface area contributed by atoms with Crippen molar-refractivity contribution in [2.45, 2.75) is 38.6 Å². The number of nitrogens with two attached hydrogens (primary N) is 1. The highest BCUT2D eigenvalue weighted by Crippen LogP contribution is 2.39. The van der Waals surface area contributed by atoms with E-state index in [1.807, 2.05) is 22.9 Å². The van der Waals surface area contributed by atoms with Crippen LogP contribution in [0.2, 0.25) is 0 Å². The first-order chi connectivity index (χ1) is 15.7. The average Bonchev–Trinajstić information content (AvgIpc) is 3.41. The van der Waals surface area contributed by atoms with Crippen LogP contribution in [0.4, 0.5) is 5.82 Å². The summed E-state index contributed by atoms with van der Waals surface area (Å²) in [5.41, 5.74) is 11.5. The van der Waals surface area contributed by atoms with E-state index in [1.54, 1.807) is 7.11 Å². The average molecular weight is 466 g/mol. The molecule has 1 aliphatic rings. The molecule has 0 saturated heterocycles. The number of ether oxygens (including phenoxy) is 2. The van der Waals surface area contributed by atoms with Crippen molar-refractivity contribution in [2.24, 2.45) is 0 Å². The lowest BCUT2D eigenvalue weighted by Crippen LogP contribution is -2.11. The van der Waals surface area contributed by atoms with Crippen molar-refractivity contribution in [1.82, 2.24) is 19.7 Å². The highest BCUT2D eigenvalue weighted by molar-refractivity contribution is 5.98. The Labute approximate surface area is 199 Å². The van der Waals surface area contributed by atoms with Crippen molar-refractivity contribution >= 4 is 29.3 Å². The fourth-order valence-electron chi connectivity index (χ4n) is 4.42. The van der Waals surface area contributed by atoms with Crippen molar-refractivity contribution in [3.8, 4) is 22.8 Å². The Morgan fingerprint density at radius 1 is 1.06 bits per heavy atom. The van der Waals surface area contributed by atoms with E-state index in [-0.39, 0.29) is 18.4 Å². The molecule has 2 heterocycles. The Kier molecular flexibility index (Phi) is 6.70. The standard InChI is InChI=1S/C25H27N5O2.ClH/c1-3-4-11-32-21-14-18(9-10-20(21)31-2)23-22-24(26)27-15-28-25(22)30(29-23)19-12-16-7-5-6-8-17(16)13-19;/h5-10,14-15,19H,3-4,11-13H2,1-2H3,(H2,26,27,28);1H. The normalized spacial score (nSPS) is 13.0. The molecule has 2 aromatic heterocycles. The lowest BCUT2D eigenvalue weighted by molar-refractivity contribution is 0.288. The molecule has 0 spiro atoms. The maximum Gasteiger partial charge on any atom is 0.164 e. The minimum absolute atomic E-state index is 0. The summed E-state index contributed by atoms with van der Waals surface area (Å²) in [6, 6.07) is 14.6. The number of hydrogen-bond acceptors (Lipinski definition) is 6. The number of rotatable bonds is 7. The summed E-state index contributed by atoms with van der Waals surface area (Å²) in [5, 5.41) is 5.79. The second-order valence-electron chi connectivity index (χ2n) is 8.15. The monoisotopic (exact) mass is 465 g/mol. The van der Waals surface area contributed by atoms with E-state index in [0.29, 0.717) is 23.9 Å². The number of unbranched alkanes of at least 4 members (excludes halogenated alkanes) is 1. The molecule has 8 heteroatoms. The molecule has 2 N–H and O–H groups in total. The van der Waals surface area contributed by atoms with E-state index in [0.717, 1.165) is 48.0 Å². The molecule has 172 valence electrons. The fourth-order valence-corrected chi connectivity index (χ4v) is 4.42. The topological polar surface area (TPSA) is 88.1 Å². The first-order valence-corrected chi connectivity index (χ1v) is 11.1. The number of methoxy groups -OCH3 is 1. The molecule has 33 heavy (non-hydrogen) atoms. The molecule has 0 unspecified atom stereocenters. The SMILES string of the molecule is CCCCOc1cc(-c2nn(C3Cc4ccccc4C3)c3ncnc(N)c23)ccc1OC.Cl. The third kappa shape index (κ3) is 4.20. The largest absolute Gasteiger partial charge is 0.493 e. The van der Waals surface area contributed by atoms with Gasteiger partial charge in [0.25, 0.3) is 0 Å². The van der Waals surface area contributed by atoms with Gasteiger partial charge in [-0.2, -0.15) is 5.10 Å². The van der Waals surface area contributed by atoms with Gasteiger partial charge in [0, 0.05) is 5.56 Å². The number of nitrogen functional groups attached to an aromatic ring is 1. The summed E-state index contributed by atoms with van der Waals surface area (Å²) < 4.78 is 13.5. The molecule has 5 rings (SSSR count). The van der Waals surface area contributed by atoms with Gasteiger partial charge in [0.05, 0.1) is 25.1 Å². The van der Waals surface area contributed by atoms with Gasteiger partial charge in [-0.05, 0) is 48.6 Å². The molecule has 0 atom stereocenters. The quantitative estimate of drug-likeness (QED) is 0.385. The van der Waals surface area contributed by atoms with E-state index in [2.05, 4.69) is 41.2 Å². The highest BCUT2D eigenvalue weighted by Gasteiger charge is 2.27. The predicted octanol–water partition coefficient (Wildman–Crippen LogP) is 5.02. The number of hydrogen-bond donors (Lipinski definition) is 1. The van der Waals surface area contributed by atoms with Gasteiger partial charge in [0.15, 0.2) is 17.1 Å². The van der Waals surface area contributed by atoms with Crippen molar-refractivity contribution < 1.29 is 9.47 Å². The van der Waals surface area contributed by atoms with Gasteiger partial charge in [0.2, 0.25) is 0 Å². The number of anilines is 1. The first-order valence-electron chi connectivity index (χ1n) is 11.1. The summed E-state index contributed by atoms with van der Waals surface area (Å²) in [7, 11) is 1.65. The first kappa shape index (κ1) is 22.9. The van der Waals surface area contributed by atoms with E-state index < -0.39 is 0 Å². The number of halogens is 1. The molecule has 0 bridgehead atoms. The minimum atomic E-state index is 0. The molecular weight excluding hydrogens is 438 g/mol. The van der Waals surface area contributed by atoms with Crippen LogP contribution < -0.4 is 15.2 Å². The maximum atomic E-state index is 6.32. The van der Waals surface area contributed by atoms with Crippen molar-refractivity contribution in [3.05, 3.63) is 59.9 Å². The summed E-state index contributed by atoms with van der Waals surface area (Å²) in [5.74, 6) is 1.82. The van der Waals surface area contributed by atoms with E-state index in [1.165, 1.54) is 17.5 Å². The highest BCUT2D eigenvalue weighted by atomic mass is 35.5. The predicted molar refractivity (Wildman–Crippen MR) is 132 cm³/mol. The zero-order chi connectivity index (χ0) is 22.1. The lowest BCUT2D eigenvalue weighted by atomic mass is 10.1. The Morgan fingerprint density at radius 3 is 2.52 bits per heavy atom. The third-order valence-corrected chi connectivity index (χ3v) is 6.09. The fraction of sp³-hybridized carbons (Fsp3) is 0.320. The summed E-state index contributed by atoms with van der Waals surface area (Å²) in [4.78, 5) is 8.81. The smallest absolute Gasteiger partial charge is 0.164 e. The number of nitrogens with zero attached hydrogens (tertiary/aromatic N) is 4. The van der Waals surface area contributed by atoms with Crippen LogP contribution in [0.1, 0.15) is 36.9 Å². The van der Waals surface area contributed by atoms with Crippen molar-refractivity contribution in [2.75, 3.05) is 19.5 Å². The van der Waals surface area contributed by atoms with Crippen LogP contribution in [0.3, 0.4) is 0 Å². The Balaban J connectivity index is 0.00000259. The van der Waals surface area contributed by atoms with Gasteiger partial charge in [-0.1, -0.05) is 37.6 Å². The van der Waals surface area contributed by atoms with Gasteiger partial charge < -0.3 is 15.2 Å². The Hall–Kier alpha value is -3.32. The van der Waals surface area contributed by atoms with Crippen LogP contribution in [0.25, 0.3) is 22.3 Å². The number of fused-ring (bicyclic) bond motifs is 2. The van der Waals surface area contributed by atoms with E-state index in [9.17, 15) is 0 Å². The molecule has 0 aliphatic heterocycles. The molecule has 4 aromatic rings. The molecule has 0 fully saturated rings. The molecule has 0 radical (unpaired) electrons. The van der Waals surface area contributed by atoms with E-state index >= 15 is 0 Å². The summed E-state index contributed by atoms with van der Waals surface area (Å²) in [6.45, 7) is 2.77. The van der Waals surface area contributed by atoms with Crippen LogP contribution in [0, 0.1) is 0 Å². The number of benzene rings is 2. The number of aromatic nitrogens is 4. The molecule has 2 aromatic carbocycles. The van der Waals surface area contributed by atoms with Crippen LogP contribution in [0.15, 0.2) is 48.8 Å². The molecule has 0 saturated carbocycles. The summed E-state index contributed by atoms with van der Waals surface area (Å²) in [6.07, 6.45) is 5.40. The van der Waals surface area contributed by atoms with Crippen LogP contribution in [-0.2, 0) is 12.8 Å².